The fourth-order valence-corrected chi connectivity index (χ4v) is 4.84. The third-order valence-corrected chi connectivity index (χ3v) is 6.87. The maximum Gasteiger partial charge on any atom is 0.449 e. The summed E-state index contributed by atoms with van der Waals surface area (Å²) in [5, 5.41) is 4.86. The molecule has 192 valence electrons. The van der Waals surface area contributed by atoms with Crippen molar-refractivity contribution in [2.24, 2.45) is 5.92 Å². The molecule has 5 rings (SSSR count). The average molecular weight is 534 g/mol. The van der Waals surface area contributed by atoms with Crippen LogP contribution in [0, 0.1) is 11.7 Å². The molecule has 1 N–H and O–H groups in total. The molecule has 0 aliphatic carbocycles. The number of ketones is 1. The molecule has 0 unspecified atom stereocenters. The SMILES string of the molecule is C[C@H](Nc1nc(C(=O)N2CC(CC(=O)c3ccc(C(F)(F)F)o3)C2)c2sccc2n1)c1cncc(F)c1. The average Bonchev–Trinajstić information content (AvgIpc) is 3.50. The number of furan rings is 1. The lowest BCUT2D eigenvalue weighted by atomic mass is 9.93. The van der Waals surface area contributed by atoms with Gasteiger partial charge >= 0.3 is 6.18 Å². The van der Waals surface area contributed by atoms with Gasteiger partial charge < -0.3 is 14.6 Å². The minimum absolute atomic E-state index is 0.0429. The summed E-state index contributed by atoms with van der Waals surface area (Å²) in [7, 11) is 0. The van der Waals surface area contributed by atoms with Gasteiger partial charge in [-0.25, -0.2) is 14.4 Å². The van der Waals surface area contributed by atoms with Crippen molar-refractivity contribution < 1.29 is 31.6 Å². The molecule has 1 atom stereocenters. The number of rotatable bonds is 7. The van der Waals surface area contributed by atoms with E-state index in [-0.39, 0.29) is 54.8 Å². The minimum Gasteiger partial charge on any atom is -0.448 e. The van der Waals surface area contributed by atoms with Gasteiger partial charge in [0.1, 0.15) is 5.82 Å². The van der Waals surface area contributed by atoms with E-state index in [1.807, 2.05) is 0 Å². The molecule has 1 aliphatic heterocycles. The van der Waals surface area contributed by atoms with Crippen LogP contribution in [0.2, 0.25) is 0 Å². The molecule has 0 bridgehead atoms. The van der Waals surface area contributed by atoms with Crippen molar-refractivity contribution in [2.45, 2.75) is 25.6 Å². The molecule has 0 spiro atoms. The van der Waals surface area contributed by atoms with Crippen molar-refractivity contribution in [3.8, 4) is 0 Å². The maximum atomic E-state index is 13.6. The lowest BCUT2D eigenvalue weighted by Gasteiger charge is -2.38. The highest BCUT2D eigenvalue weighted by atomic mass is 32.1. The summed E-state index contributed by atoms with van der Waals surface area (Å²) in [6.07, 6.45) is -2.09. The Morgan fingerprint density at radius 3 is 2.70 bits per heavy atom. The number of aromatic nitrogens is 3. The summed E-state index contributed by atoms with van der Waals surface area (Å²) in [6, 6.07) is 4.45. The molecule has 1 aliphatic rings. The summed E-state index contributed by atoms with van der Waals surface area (Å²) in [6.45, 7) is 2.29. The number of Topliss-reactive ketones (excluding diaryl/α,β-unsaturated/α-hetero) is 1. The van der Waals surface area contributed by atoms with Crippen molar-refractivity contribution in [1.29, 1.82) is 0 Å². The van der Waals surface area contributed by atoms with Crippen LogP contribution in [0.4, 0.5) is 23.5 Å². The molecule has 13 heteroatoms. The Bertz CT molecular complexity index is 1480. The van der Waals surface area contributed by atoms with Crippen LogP contribution in [0.15, 0.2) is 46.5 Å². The van der Waals surface area contributed by atoms with Gasteiger partial charge in [0.2, 0.25) is 11.7 Å². The number of hydrogen-bond acceptors (Lipinski definition) is 8. The monoisotopic (exact) mass is 533 g/mol. The number of alkyl halides is 3. The van der Waals surface area contributed by atoms with Crippen molar-refractivity contribution >= 4 is 39.2 Å². The number of thiophene rings is 1. The number of fused-ring (bicyclic) bond motifs is 1. The third-order valence-electron chi connectivity index (χ3n) is 5.96. The predicted molar refractivity (Wildman–Crippen MR) is 126 cm³/mol. The van der Waals surface area contributed by atoms with Gasteiger partial charge in [-0.1, -0.05) is 0 Å². The summed E-state index contributed by atoms with van der Waals surface area (Å²) in [5.41, 5.74) is 1.34. The number of halogens is 4. The van der Waals surface area contributed by atoms with Gasteiger partial charge in [0.05, 0.1) is 22.5 Å². The van der Waals surface area contributed by atoms with Crippen LogP contribution in [-0.2, 0) is 6.18 Å². The second kappa shape index (κ2) is 9.54. The van der Waals surface area contributed by atoms with Gasteiger partial charge in [-0.2, -0.15) is 13.2 Å². The van der Waals surface area contributed by atoms with Crippen LogP contribution < -0.4 is 5.32 Å². The maximum absolute atomic E-state index is 13.6. The lowest BCUT2D eigenvalue weighted by molar-refractivity contribution is -0.153. The number of amides is 1. The van der Waals surface area contributed by atoms with Gasteiger partial charge in [0, 0.05) is 31.6 Å². The van der Waals surface area contributed by atoms with E-state index in [0.717, 1.165) is 18.3 Å². The van der Waals surface area contributed by atoms with E-state index >= 15 is 0 Å². The zero-order valence-electron chi connectivity index (χ0n) is 19.3. The number of carbonyl (C=O) groups excluding carboxylic acids is 2. The van der Waals surface area contributed by atoms with Crippen molar-refractivity contribution in [3.63, 3.8) is 0 Å². The van der Waals surface area contributed by atoms with E-state index in [9.17, 15) is 27.2 Å². The number of nitrogens with one attached hydrogen (secondary N) is 1. The first-order valence-corrected chi connectivity index (χ1v) is 12.1. The zero-order chi connectivity index (χ0) is 26.3. The smallest absolute Gasteiger partial charge is 0.448 e. The highest BCUT2D eigenvalue weighted by Crippen LogP contribution is 2.32. The standard InChI is InChI=1S/C24H19F4N5O3S/c1-12(14-7-15(25)9-29-8-14)30-23-31-16-4-5-37-21(16)20(32-23)22(35)33-10-13(11-33)6-17(34)18-2-3-19(36-18)24(26,27)28/h2-5,7-9,12-13H,6,10-11H2,1H3,(H,30,31,32)/t12-/m0/s1. The Labute approximate surface area is 211 Å². The van der Waals surface area contributed by atoms with E-state index in [0.29, 0.717) is 15.8 Å². The van der Waals surface area contributed by atoms with E-state index in [4.69, 9.17) is 0 Å². The summed E-state index contributed by atoms with van der Waals surface area (Å²) < 4.78 is 56.9. The highest BCUT2D eigenvalue weighted by molar-refractivity contribution is 7.17. The molecule has 4 aromatic heterocycles. The first-order chi connectivity index (χ1) is 17.6. The summed E-state index contributed by atoms with van der Waals surface area (Å²) >= 11 is 1.31. The second-order valence-electron chi connectivity index (χ2n) is 8.70. The van der Waals surface area contributed by atoms with Gasteiger partial charge in [-0.3, -0.25) is 14.6 Å². The third kappa shape index (κ3) is 5.17. The molecular formula is C24H19F4N5O3S. The first kappa shape index (κ1) is 24.8. The number of pyridine rings is 1. The van der Waals surface area contributed by atoms with Crippen LogP contribution in [-0.4, -0.2) is 44.6 Å². The molecule has 1 amide bonds. The Morgan fingerprint density at radius 1 is 1.22 bits per heavy atom. The van der Waals surface area contributed by atoms with Gasteiger partial charge in [-0.15, -0.1) is 11.3 Å². The largest absolute Gasteiger partial charge is 0.449 e. The Hall–Kier alpha value is -3.87. The van der Waals surface area contributed by atoms with Crippen LogP contribution in [0.25, 0.3) is 10.2 Å². The normalized spacial score (nSPS) is 15.0. The minimum atomic E-state index is -4.66. The van der Waals surface area contributed by atoms with E-state index in [2.05, 4.69) is 24.7 Å². The summed E-state index contributed by atoms with van der Waals surface area (Å²) in [4.78, 5) is 39.8. The van der Waals surface area contributed by atoms with Crippen LogP contribution >= 0.6 is 11.3 Å². The fourth-order valence-electron chi connectivity index (χ4n) is 4.03. The number of anilines is 1. The lowest BCUT2D eigenvalue weighted by Crippen LogP contribution is -2.50. The number of likely N-dealkylation sites (tertiary alicyclic amines) is 1. The molecule has 5 heterocycles. The fraction of sp³-hybridized carbons (Fsp3) is 0.292. The number of hydrogen-bond donors (Lipinski definition) is 1. The second-order valence-corrected chi connectivity index (χ2v) is 9.61. The topological polar surface area (TPSA) is 101 Å². The van der Waals surface area contributed by atoms with E-state index in [1.54, 1.807) is 18.4 Å². The molecule has 4 aromatic rings. The predicted octanol–water partition coefficient (Wildman–Crippen LogP) is 5.36. The molecule has 8 nitrogen and oxygen atoms in total. The number of carbonyl (C=O) groups is 2. The molecule has 37 heavy (non-hydrogen) atoms. The molecule has 1 saturated heterocycles. The van der Waals surface area contributed by atoms with Gasteiger partial charge in [0.25, 0.3) is 5.91 Å². The van der Waals surface area contributed by atoms with Crippen LogP contribution in [0.5, 0.6) is 0 Å². The van der Waals surface area contributed by atoms with Crippen molar-refractivity contribution in [2.75, 3.05) is 18.4 Å². The first-order valence-electron chi connectivity index (χ1n) is 11.2. The summed E-state index contributed by atoms with van der Waals surface area (Å²) in [5.74, 6) is -2.98. The van der Waals surface area contributed by atoms with Gasteiger partial charge in [-0.05, 0) is 42.1 Å². The molecule has 0 saturated carbocycles. The quantitative estimate of drug-likeness (QED) is 0.252. The highest BCUT2D eigenvalue weighted by Gasteiger charge is 2.37. The number of nitrogens with zero attached hydrogens (tertiary/aromatic N) is 4. The Morgan fingerprint density at radius 2 is 2.00 bits per heavy atom. The molecule has 0 aromatic carbocycles. The van der Waals surface area contributed by atoms with Crippen LogP contribution in [0.1, 0.15) is 51.8 Å². The molecule has 0 radical (unpaired) electrons. The van der Waals surface area contributed by atoms with E-state index in [1.165, 1.54) is 28.5 Å². The molecule has 1 fully saturated rings. The Kier molecular flexibility index (Phi) is 6.40. The van der Waals surface area contributed by atoms with Crippen molar-refractivity contribution in [3.05, 3.63) is 70.6 Å². The van der Waals surface area contributed by atoms with E-state index < -0.39 is 23.5 Å². The zero-order valence-corrected chi connectivity index (χ0v) is 20.1. The van der Waals surface area contributed by atoms with Gasteiger partial charge in [0.15, 0.2) is 17.2 Å². The van der Waals surface area contributed by atoms with Crippen molar-refractivity contribution in [1.82, 2.24) is 19.9 Å². The molecular weight excluding hydrogens is 514 g/mol. The van der Waals surface area contributed by atoms with Crippen LogP contribution in [0.3, 0.4) is 0 Å². The Balaban J connectivity index is 1.26.